The van der Waals surface area contributed by atoms with Gasteiger partial charge in [-0.3, -0.25) is 0 Å². The Morgan fingerprint density at radius 1 is 0.127 bits per heavy atom. The molecule has 30 rings (SSSR count). The van der Waals surface area contributed by atoms with E-state index in [0.717, 1.165) is 112 Å². The summed E-state index contributed by atoms with van der Waals surface area (Å²) in [4.78, 5) is 14.4. The summed E-state index contributed by atoms with van der Waals surface area (Å²) < 4.78 is 13.3. The van der Waals surface area contributed by atoms with Crippen LogP contribution in [-0.4, -0.2) is 0 Å². The van der Waals surface area contributed by atoms with Gasteiger partial charge in [-0.15, -0.1) is 0 Å². The molecule has 0 spiro atoms. The Morgan fingerprint density at radius 3 is 0.647 bits per heavy atom. The largest absolute Gasteiger partial charge is 0.454 e. The Hall–Kier alpha value is -19.8. The molecular weight excluding hydrogens is 1820 g/mol. The van der Waals surface area contributed by atoms with Crippen molar-refractivity contribution in [3.05, 3.63) is 557 Å². The van der Waals surface area contributed by atoms with Crippen LogP contribution in [0.4, 0.5) is 102 Å². The fourth-order valence-electron chi connectivity index (χ4n) is 23.7. The van der Waals surface area contributed by atoms with Gasteiger partial charge in [0.15, 0.2) is 11.2 Å². The molecule has 28 aromatic carbocycles. The monoisotopic (exact) mass is 1920 g/mol. The smallest absolute Gasteiger partial charge is 0.159 e. The second-order valence-corrected chi connectivity index (χ2v) is 38.9. The highest BCUT2D eigenvalue weighted by molar-refractivity contribution is 6.33. The first-order valence-corrected chi connectivity index (χ1v) is 51.4. The van der Waals surface area contributed by atoms with E-state index in [1.54, 1.807) is 0 Å². The van der Waals surface area contributed by atoms with Crippen LogP contribution in [0, 0.1) is 13.8 Å². The van der Waals surface area contributed by atoms with Crippen molar-refractivity contribution in [2.24, 2.45) is 0 Å². The van der Waals surface area contributed by atoms with Crippen LogP contribution in [0.25, 0.3) is 162 Å². The maximum Gasteiger partial charge on any atom is 0.159 e. The third-order valence-corrected chi connectivity index (χ3v) is 30.3. The molecule has 8 nitrogen and oxygen atoms in total. The van der Waals surface area contributed by atoms with Gasteiger partial charge in [0.25, 0.3) is 0 Å². The summed E-state index contributed by atoms with van der Waals surface area (Å²) in [5.74, 6) is 0. The molecule has 0 unspecified atom stereocenters. The molecule has 2 heterocycles. The number of hydrogen-bond acceptors (Lipinski definition) is 8. The Bertz CT molecular complexity index is 9660. The average molecular weight is 1920 g/mol. The van der Waals surface area contributed by atoms with Gasteiger partial charge >= 0.3 is 0 Å². The Morgan fingerprint density at radius 2 is 0.333 bits per heavy atom. The van der Waals surface area contributed by atoms with Gasteiger partial charge in [0, 0.05) is 110 Å². The van der Waals surface area contributed by atoms with Gasteiger partial charge in [0.1, 0.15) is 11.2 Å². The van der Waals surface area contributed by atoms with Crippen LogP contribution in [-0.2, 0) is 0 Å². The van der Waals surface area contributed by atoms with E-state index >= 15 is 0 Å². The zero-order chi connectivity index (χ0) is 99.4. The highest BCUT2D eigenvalue weighted by Crippen LogP contribution is 2.56. The fourth-order valence-corrected chi connectivity index (χ4v) is 23.7. The lowest BCUT2D eigenvalue weighted by Crippen LogP contribution is -2.12. The van der Waals surface area contributed by atoms with Crippen LogP contribution < -0.4 is 29.4 Å². The zero-order valence-corrected chi connectivity index (χ0v) is 82.5. The standard InChI is InChI=1S/C52H32N2O2.C50H36N2.C40H28N2/c1-3-13-35(14-4-1)53(45-21-11-19-39-37-17-7-9-23-47(37)55-51(39)45)43-31-27-33-26-30-42-44(32-28-34-25-29-41(43)49(33)50(34)42)54(36-15-5-2-6-16-36)46-22-12-20-40-38-18-8-10-24-48(38)56-52(40)46;1-33-31-47(51(37-19-5-3-6-20-37)45-25-13-17-35-15-9-11-23-41(35)45)43-30-28-40-34(2)32-48(44-29-27-39(33)49(43)50(40)44)52(38-21-7-4-8-22-38)46-26-14-18-36-16-10-12-24-42(36)46;1-5-13-31(14-6-1)41(32-15-7-2-8-16-32)37-27-23-29-22-26-36-38(28-24-30-21-25-35(37)39(29)40(30)36)42(33-17-9-3-10-18-33)34-19-11-4-12-20-34/h1-32H;3-32H,1-2H3;1-28H. The summed E-state index contributed by atoms with van der Waals surface area (Å²) in [5.41, 5.74) is 26.2. The molecule has 0 fully saturated rings. The molecule has 0 saturated heterocycles. The molecular formula is C142H96N6O2. The molecule has 8 heteroatoms. The third-order valence-electron chi connectivity index (χ3n) is 30.3. The molecule has 0 aliphatic carbocycles. The minimum Gasteiger partial charge on any atom is -0.454 e. The lowest BCUT2D eigenvalue weighted by atomic mass is 9.88. The first-order valence-electron chi connectivity index (χ1n) is 51.4. The van der Waals surface area contributed by atoms with Crippen LogP contribution in [0.15, 0.2) is 555 Å². The number of furan rings is 2. The van der Waals surface area contributed by atoms with Crippen molar-refractivity contribution in [1.82, 2.24) is 0 Å². The Kier molecular flexibility index (Phi) is 21.6. The van der Waals surface area contributed by atoms with Gasteiger partial charge in [-0.25, -0.2) is 0 Å². The highest BCUT2D eigenvalue weighted by Gasteiger charge is 2.31. The van der Waals surface area contributed by atoms with Gasteiger partial charge in [0.05, 0.1) is 56.9 Å². The predicted octanol–water partition coefficient (Wildman–Crippen LogP) is 41.3. The van der Waals surface area contributed by atoms with E-state index in [4.69, 9.17) is 8.83 Å². The third kappa shape index (κ3) is 14.8. The molecule has 150 heavy (non-hydrogen) atoms. The first kappa shape index (κ1) is 87.9. The molecule has 0 saturated carbocycles. The van der Waals surface area contributed by atoms with Crippen molar-refractivity contribution in [2.75, 3.05) is 29.4 Å². The number of hydrogen-bond donors (Lipinski definition) is 0. The average Bonchev–Trinajstić information content (AvgIpc) is 1.17. The van der Waals surface area contributed by atoms with Gasteiger partial charge in [-0.1, -0.05) is 376 Å². The van der Waals surface area contributed by atoms with E-state index in [0.29, 0.717) is 0 Å². The molecule has 2 aromatic heterocycles. The molecule has 0 aliphatic rings. The maximum atomic E-state index is 6.65. The highest BCUT2D eigenvalue weighted by atomic mass is 16.3. The normalized spacial score (nSPS) is 11.7. The number of fused-ring (bicyclic) bond motifs is 8. The van der Waals surface area contributed by atoms with E-state index < -0.39 is 0 Å². The number of nitrogens with zero attached hydrogens (tertiary/aromatic N) is 6. The molecule has 0 aliphatic heterocycles. The molecule has 30 aromatic rings. The van der Waals surface area contributed by atoms with Gasteiger partial charge < -0.3 is 38.2 Å². The topological polar surface area (TPSA) is 45.7 Å². The molecule has 706 valence electrons. The Balaban J connectivity index is 0.000000109. The van der Waals surface area contributed by atoms with Crippen molar-refractivity contribution >= 4 is 265 Å². The fraction of sp³-hybridized carbons (Fsp3) is 0.0141. The second-order valence-electron chi connectivity index (χ2n) is 38.9. The lowest BCUT2D eigenvalue weighted by Gasteiger charge is -2.31. The van der Waals surface area contributed by atoms with Crippen LogP contribution in [0.5, 0.6) is 0 Å². The number of para-hydroxylation sites is 12. The van der Waals surface area contributed by atoms with E-state index in [1.807, 2.05) is 24.3 Å². The predicted molar refractivity (Wildman–Crippen MR) is 638 cm³/mol. The first-order chi connectivity index (χ1) is 74.3. The molecule has 0 N–H and O–H groups in total. The zero-order valence-electron chi connectivity index (χ0n) is 82.5. The minimum absolute atomic E-state index is 0.865. The van der Waals surface area contributed by atoms with E-state index in [9.17, 15) is 0 Å². The maximum absolute atomic E-state index is 6.65. The summed E-state index contributed by atoms with van der Waals surface area (Å²) in [6, 6.07) is 196. The van der Waals surface area contributed by atoms with Crippen molar-refractivity contribution in [1.29, 1.82) is 0 Å². The summed E-state index contributed by atoms with van der Waals surface area (Å²) in [7, 11) is 0. The quantitative estimate of drug-likeness (QED) is 0.0788. The van der Waals surface area contributed by atoms with Crippen molar-refractivity contribution < 1.29 is 8.83 Å². The number of aryl methyl sites for hydroxylation is 2. The number of anilines is 18. The lowest BCUT2D eigenvalue weighted by molar-refractivity contribution is 0.669. The Labute approximate surface area is 867 Å². The van der Waals surface area contributed by atoms with Crippen LogP contribution in [0.3, 0.4) is 0 Å². The van der Waals surface area contributed by atoms with Crippen LogP contribution in [0.2, 0.25) is 0 Å². The van der Waals surface area contributed by atoms with Crippen LogP contribution in [0.1, 0.15) is 11.1 Å². The minimum atomic E-state index is 0.865. The van der Waals surface area contributed by atoms with Crippen molar-refractivity contribution in [2.45, 2.75) is 13.8 Å². The van der Waals surface area contributed by atoms with Crippen LogP contribution >= 0.6 is 0 Å². The van der Waals surface area contributed by atoms with Gasteiger partial charge in [0.2, 0.25) is 0 Å². The van der Waals surface area contributed by atoms with Crippen molar-refractivity contribution in [3.63, 3.8) is 0 Å². The molecule has 0 bridgehead atoms. The molecule has 0 amide bonds. The number of benzene rings is 28. The van der Waals surface area contributed by atoms with E-state index in [1.165, 1.54) is 164 Å². The summed E-state index contributed by atoms with van der Waals surface area (Å²) in [5, 5.41) is 31.7. The van der Waals surface area contributed by atoms with Gasteiger partial charge in [-0.05, 0) is 270 Å². The van der Waals surface area contributed by atoms with E-state index in [2.05, 4.69) is 565 Å². The molecule has 0 atom stereocenters. The molecule has 0 radical (unpaired) electrons. The summed E-state index contributed by atoms with van der Waals surface area (Å²) in [6.45, 7) is 4.53. The SMILES string of the molecule is Cc1cc(N(c2ccccc2)c2cccc3ccccc23)c2ccc3c(C)cc(N(c4ccccc4)c4cccc5ccccc45)c4ccc1c2c34.c1ccc(N(c2ccc3ccc4c(N(c5ccccc5)c5cccc6c5oc5ccccc56)ccc5ccc2c3c54)c2cccc3c2oc2ccccc23)cc1.c1ccc(N(c2ccccc2)c2ccc3ccc4c(N(c5ccccc5)c5ccccc5)ccc5ccc2c3c54)cc1. The van der Waals surface area contributed by atoms with Crippen molar-refractivity contribution in [3.8, 4) is 0 Å². The number of rotatable bonds is 18. The summed E-state index contributed by atoms with van der Waals surface area (Å²) >= 11 is 0. The van der Waals surface area contributed by atoms with E-state index in [-0.39, 0.29) is 0 Å². The second kappa shape index (κ2) is 36.8. The summed E-state index contributed by atoms with van der Waals surface area (Å²) in [6.07, 6.45) is 0. The van der Waals surface area contributed by atoms with Gasteiger partial charge in [-0.2, -0.15) is 0 Å².